The van der Waals surface area contributed by atoms with E-state index < -0.39 is 0 Å². The molecule has 0 aliphatic heterocycles. The first-order chi connectivity index (χ1) is 12.9. The van der Waals surface area contributed by atoms with Crippen molar-refractivity contribution < 1.29 is 9.18 Å². The van der Waals surface area contributed by atoms with Gasteiger partial charge in [0.1, 0.15) is 5.82 Å². The molecule has 2 aromatic carbocycles. The molecule has 3 N–H and O–H groups in total. The number of aromatic nitrogens is 3. The first-order valence-corrected chi connectivity index (χ1v) is 9.41. The maximum atomic E-state index is 13.5. The van der Waals surface area contributed by atoms with Crippen LogP contribution >= 0.6 is 23.4 Å². The molecule has 0 spiro atoms. The molecule has 140 valence electrons. The van der Waals surface area contributed by atoms with Gasteiger partial charge in [0.05, 0.1) is 5.75 Å². The second kappa shape index (κ2) is 8.41. The van der Waals surface area contributed by atoms with Crippen LogP contribution in [0.25, 0.3) is 11.4 Å². The highest BCUT2D eigenvalue weighted by molar-refractivity contribution is 7.99. The molecule has 6 nitrogen and oxygen atoms in total. The van der Waals surface area contributed by atoms with Gasteiger partial charge in [0.2, 0.25) is 11.1 Å². The maximum Gasteiger partial charge on any atom is 0.230 e. The molecule has 0 aliphatic carbocycles. The van der Waals surface area contributed by atoms with Crippen molar-refractivity contribution in [3.05, 3.63) is 64.4 Å². The van der Waals surface area contributed by atoms with Crippen molar-refractivity contribution in [1.29, 1.82) is 0 Å². The van der Waals surface area contributed by atoms with Crippen LogP contribution in [0.1, 0.15) is 11.1 Å². The van der Waals surface area contributed by atoms with Crippen LogP contribution < -0.4 is 11.2 Å². The topological polar surface area (TPSA) is 85.8 Å². The Labute approximate surface area is 164 Å². The van der Waals surface area contributed by atoms with Gasteiger partial charge < -0.3 is 11.2 Å². The molecule has 0 atom stereocenters. The molecule has 1 heterocycles. The first-order valence-electron chi connectivity index (χ1n) is 8.05. The highest BCUT2D eigenvalue weighted by Gasteiger charge is 2.14. The minimum Gasteiger partial charge on any atom is -0.351 e. The van der Waals surface area contributed by atoms with E-state index >= 15 is 0 Å². The molecule has 0 aliphatic rings. The Hall–Kier alpha value is -2.58. The summed E-state index contributed by atoms with van der Waals surface area (Å²) in [5.74, 6) is 6.11. The van der Waals surface area contributed by atoms with Gasteiger partial charge in [0.25, 0.3) is 0 Å². The lowest BCUT2D eigenvalue weighted by molar-refractivity contribution is -0.118. The third-order valence-corrected chi connectivity index (χ3v) is 5.02. The number of carbonyl (C=O) groups excluding carboxylic acids is 1. The van der Waals surface area contributed by atoms with E-state index in [9.17, 15) is 9.18 Å². The Balaban J connectivity index is 1.56. The van der Waals surface area contributed by atoms with Gasteiger partial charge in [-0.3, -0.25) is 4.79 Å². The second-order valence-corrected chi connectivity index (χ2v) is 7.21. The Morgan fingerprint density at radius 1 is 1.26 bits per heavy atom. The van der Waals surface area contributed by atoms with Crippen molar-refractivity contribution in [2.24, 2.45) is 0 Å². The fourth-order valence-electron chi connectivity index (χ4n) is 2.30. The summed E-state index contributed by atoms with van der Waals surface area (Å²) in [6.45, 7) is 1.94. The normalized spacial score (nSPS) is 10.8. The van der Waals surface area contributed by atoms with Gasteiger partial charge in [0.15, 0.2) is 5.82 Å². The lowest BCUT2D eigenvalue weighted by Gasteiger charge is -2.07. The Morgan fingerprint density at radius 3 is 2.70 bits per heavy atom. The van der Waals surface area contributed by atoms with Gasteiger partial charge in [-0.05, 0) is 48.4 Å². The summed E-state index contributed by atoms with van der Waals surface area (Å²) in [5.41, 5.74) is 2.04. The van der Waals surface area contributed by atoms with Crippen LogP contribution in [0.4, 0.5) is 4.39 Å². The molecular formula is C18H17ClFN5OS. The zero-order valence-electron chi connectivity index (χ0n) is 14.4. The molecule has 27 heavy (non-hydrogen) atoms. The summed E-state index contributed by atoms with van der Waals surface area (Å²) in [6, 6.07) is 11.9. The number of nitrogens with two attached hydrogens (primary N) is 1. The predicted molar refractivity (Wildman–Crippen MR) is 104 cm³/mol. The van der Waals surface area contributed by atoms with Gasteiger partial charge in [-0.2, -0.15) is 0 Å². The average Bonchev–Trinajstić information content (AvgIpc) is 3.02. The van der Waals surface area contributed by atoms with Gasteiger partial charge in [-0.1, -0.05) is 35.5 Å². The number of amides is 1. The fourth-order valence-corrected chi connectivity index (χ4v) is 3.11. The molecule has 3 aromatic rings. The maximum absolute atomic E-state index is 13.5. The average molecular weight is 406 g/mol. The molecule has 0 fully saturated rings. The van der Waals surface area contributed by atoms with Crippen molar-refractivity contribution in [2.45, 2.75) is 18.6 Å². The molecule has 0 saturated carbocycles. The number of thioether (sulfide) groups is 1. The molecule has 0 radical (unpaired) electrons. The number of nitrogen functional groups attached to an aromatic ring is 1. The zero-order chi connectivity index (χ0) is 19.4. The van der Waals surface area contributed by atoms with Gasteiger partial charge in [-0.25, -0.2) is 9.07 Å². The molecule has 0 unspecified atom stereocenters. The highest BCUT2D eigenvalue weighted by atomic mass is 35.5. The number of halogens is 2. The summed E-state index contributed by atoms with van der Waals surface area (Å²) in [6.07, 6.45) is 0. The minimum absolute atomic E-state index is 0.115. The van der Waals surface area contributed by atoms with Crippen LogP contribution in [0.5, 0.6) is 0 Å². The van der Waals surface area contributed by atoms with Crippen LogP contribution in [0.3, 0.4) is 0 Å². The number of hydrogen-bond acceptors (Lipinski definition) is 5. The van der Waals surface area contributed by atoms with E-state index in [0.29, 0.717) is 27.1 Å². The number of hydrogen-bond donors (Lipinski definition) is 2. The minimum atomic E-state index is -0.290. The van der Waals surface area contributed by atoms with E-state index in [1.54, 1.807) is 43.3 Å². The largest absolute Gasteiger partial charge is 0.351 e. The number of nitrogens with one attached hydrogen (secondary N) is 1. The molecule has 3 rings (SSSR count). The molecule has 1 amide bonds. The van der Waals surface area contributed by atoms with E-state index in [-0.39, 0.29) is 24.0 Å². The third-order valence-electron chi connectivity index (χ3n) is 3.83. The van der Waals surface area contributed by atoms with Crippen LogP contribution in [-0.4, -0.2) is 26.5 Å². The van der Waals surface area contributed by atoms with Crippen LogP contribution in [-0.2, 0) is 11.3 Å². The summed E-state index contributed by atoms with van der Waals surface area (Å²) in [4.78, 5) is 12.0. The Kier molecular flexibility index (Phi) is 5.98. The highest BCUT2D eigenvalue weighted by Crippen LogP contribution is 2.22. The fraction of sp³-hybridized carbons (Fsp3) is 0.167. The van der Waals surface area contributed by atoms with Crippen molar-refractivity contribution in [2.75, 3.05) is 11.6 Å². The molecule has 9 heteroatoms. The summed E-state index contributed by atoms with van der Waals surface area (Å²) in [5, 5.41) is 11.8. The SMILES string of the molecule is Cc1ccc(CNC(=O)CSc2nnc(-c3ccc(Cl)cc3)n2N)cc1F. The Bertz CT molecular complexity index is 961. The van der Waals surface area contributed by atoms with Crippen LogP contribution in [0, 0.1) is 12.7 Å². The molecule has 0 saturated heterocycles. The second-order valence-electron chi connectivity index (χ2n) is 5.83. The summed E-state index contributed by atoms with van der Waals surface area (Å²) in [7, 11) is 0. The quantitative estimate of drug-likeness (QED) is 0.486. The number of rotatable bonds is 6. The lowest BCUT2D eigenvalue weighted by atomic mass is 10.1. The number of nitrogens with zero attached hydrogens (tertiary/aromatic N) is 3. The predicted octanol–water partition coefficient (Wildman–Crippen LogP) is 3.17. The molecule has 0 bridgehead atoms. The number of carbonyl (C=O) groups is 1. The standard InChI is InChI=1S/C18H17ClFN5OS/c1-11-2-3-12(8-15(11)20)9-22-16(26)10-27-18-24-23-17(25(18)21)13-4-6-14(19)7-5-13/h2-8H,9-10,21H2,1H3,(H,22,26). The zero-order valence-corrected chi connectivity index (χ0v) is 16.0. The van der Waals surface area contributed by atoms with E-state index in [0.717, 1.165) is 5.56 Å². The van der Waals surface area contributed by atoms with Gasteiger partial charge in [-0.15, -0.1) is 10.2 Å². The lowest BCUT2D eigenvalue weighted by Crippen LogP contribution is -2.25. The van der Waals surface area contributed by atoms with Gasteiger partial charge >= 0.3 is 0 Å². The van der Waals surface area contributed by atoms with Crippen molar-refractivity contribution >= 4 is 29.3 Å². The van der Waals surface area contributed by atoms with Crippen molar-refractivity contribution in [3.63, 3.8) is 0 Å². The summed E-state index contributed by atoms with van der Waals surface area (Å²) < 4.78 is 14.9. The third kappa shape index (κ3) is 4.78. The van der Waals surface area contributed by atoms with E-state index in [1.165, 1.54) is 22.5 Å². The smallest absolute Gasteiger partial charge is 0.230 e. The first kappa shape index (κ1) is 19.2. The van der Waals surface area contributed by atoms with Crippen molar-refractivity contribution in [1.82, 2.24) is 20.2 Å². The molecule has 1 aromatic heterocycles. The van der Waals surface area contributed by atoms with Crippen molar-refractivity contribution in [3.8, 4) is 11.4 Å². The van der Waals surface area contributed by atoms with Crippen LogP contribution in [0.2, 0.25) is 5.02 Å². The molecular weight excluding hydrogens is 389 g/mol. The van der Waals surface area contributed by atoms with E-state index in [4.69, 9.17) is 17.4 Å². The van der Waals surface area contributed by atoms with E-state index in [1.807, 2.05) is 0 Å². The monoisotopic (exact) mass is 405 g/mol. The summed E-state index contributed by atoms with van der Waals surface area (Å²) >= 11 is 7.04. The number of benzene rings is 2. The Morgan fingerprint density at radius 2 is 2.00 bits per heavy atom. The van der Waals surface area contributed by atoms with Crippen LogP contribution in [0.15, 0.2) is 47.6 Å². The van der Waals surface area contributed by atoms with Gasteiger partial charge in [0, 0.05) is 17.1 Å². The van der Waals surface area contributed by atoms with E-state index in [2.05, 4.69) is 15.5 Å². The number of aryl methyl sites for hydroxylation is 1.